The highest BCUT2D eigenvalue weighted by molar-refractivity contribution is 6.30. The predicted octanol–water partition coefficient (Wildman–Crippen LogP) is 4.00. The molecule has 0 saturated carbocycles. The van der Waals surface area contributed by atoms with Crippen molar-refractivity contribution < 1.29 is 13.2 Å². The second kappa shape index (κ2) is 5.63. The fourth-order valence-corrected chi connectivity index (χ4v) is 2.01. The molecule has 0 amide bonds. The molecule has 2 aromatic carbocycles. The molecular formula is C14H11ClF3N. The zero-order valence-electron chi connectivity index (χ0n) is 9.84. The maximum absolute atomic E-state index is 13.6. The molecule has 1 atom stereocenters. The third-order valence-corrected chi connectivity index (χ3v) is 3.05. The molecule has 0 aliphatic heterocycles. The molecule has 100 valence electrons. The molecule has 0 aromatic heterocycles. The van der Waals surface area contributed by atoms with Gasteiger partial charge in [-0.05, 0) is 36.2 Å². The van der Waals surface area contributed by atoms with Crippen LogP contribution in [0.1, 0.15) is 17.2 Å². The molecule has 5 heteroatoms. The minimum absolute atomic E-state index is 0.0589. The third kappa shape index (κ3) is 3.28. The summed E-state index contributed by atoms with van der Waals surface area (Å²) in [6, 6.07) is 6.48. The van der Waals surface area contributed by atoms with Crippen molar-refractivity contribution in [2.45, 2.75) is 12.5 Å². The molecule has 2 rings (SSSR count). The van der Waals surface area contributed by atoms with Gasteiger partial charge >= 0.3 is 0 Å². The van der Waals surface area contributed by atoms with Gasteiger partial charge in [-0.15, -0.1) is 0 Å². The molecule has 0 saturated heterocycles. The van der Waals surface area contributed by atoms with Gasteiger partial charge in [0, 0.05) is 22.7 Å². The smallest absolute Gasteiger partial charge is 0.129 e. The molecule has 1 nitrogen and oxygen atoms in total. The number of benzene rings is 2. The zero-order valence-corrected chi connectivity index (χ0v) is 10.6. The van der Waals surface area contributed by atoms with Crippen LogP contribution in [0.15, 0.2) is 36.4 Å². The summed E-state index contributed by atoms with van der Waals surface area (Å²) in [4.78, 5) is 0. The minimum atomic E-state index is -0.751. The van der Waals surface area contributed by atoms with Crippen LogP contribution in [0.2, 0.25) is 5.02 Å². The second-order valence-electron chi connectivity index (χ2n) is 4.21. The monoisotopic (exact) mass is 285 g/mol. The topological polar surface area (TPSA) is 26.0 Å². The van der Waals surface area contributed by atoms with E-state index in [1.54, 1.807) is 0 Å². The van der Waals surface area contributed by atoms with E-state index in [2.05, 4.69) is 0 Å². The van der Waals surface area contributed by atoms with Crippen molar-refractivity contribution in [3.63, 3.8) is 0 Å². The van der Waals surface area contributed by atoms with Crippen LogP contribution in [-0.2, 0) is 6.42 Å². The molecule has 19 heavy (non-hydrogen) atoms. The third-order valence-electron chi connectivity index (χ3n) is 2.81. The molecule has 0 heterocycles. The summed E-state index contributed by atoms with van der Waals surface area (Å²) in [7, 11) is 0. The van der Waals surface area contributed by atoms with Crippen LogP contribution < -0.4 is 5.73 Å². The molecule has 0 bridgehead atoms. The van der Waals surface area contributed by atoms with Crippen molar-refractivity contribution in [1.82, 2.24) is 0 Å². The number of halogens is 4. The summed E-state index contributed by atoms with van der Waals surface area (Å²) in [5.41, 5.74) is 6.28. The van der Waals surface area contributed by atoms with Crippen LogP contribution in [0.3, 0.4) is 0 Å². The summed E-state index contributed by atoms with van der Waals surface area (Å²) in [5.74, 6) is -1.86. The Balaban J connectivity index is 2.25. The Morgan fingerprint density at radius 3 is 2.42 bits per heavy atom. The van der Waals surface area contributed by atoms with E-state index in [4.69, 9.17) is 17.3 Å². The molecule has 2 N–H and O–H groups in total. The van der Waals surface area contributed by atoms with Gasteiger partial charge in [-0.3, -0.25) is 0 Å². The lowest BCUT2D eigenvalue weighted by atomic mass is 9.99. The van der Waals surface area contributed by atoms with Gasteiger partial charge in [0.1, 0.15) is 17.5 Å². The average Bonchev–Trinajstić information content (AvgIpc) is 2.35. The quantitative estimate of drug-likeness (QED) is 0.906. The Labute approximate surface area is 113 Å². The molecule has 1 unspecified atom stereocenters. The van der Waals surface area contributed by atoms with Gasteiger partial charge in [0.05, 0.1) is 0 Å². The first-order chi connectivity index (χ1) is 8.97. The number of nitrogens with two attached hydrogens (primary N) is 1. The molecule has 0 spiro atoms. The Morgan fingerprint density at radius 1 is 1.00 bits per heavy atom. The van der Waals surface area contributed by atoms with E-state index in [0.29, 0.717) is 5.02 Å². The van der Waals surface area contributed by atoms with Gasteiger partial charge < -0.3 is 5.73 Å². The van der Waals surface area contributed by atoms with Crippen LogP contribution in [-0.4, -0.2) is 0 Å². The SMILES string of the molecule is NC(Cc1ccc(F)cc1F)c1cc(Cl)ccc1F. The van der Waals surface area contributed by atoms with Gasteiger partial charge in [0.25, 0.3) is 0 Å². The molecule has 0 aliphatic carbocycles. The highest BCUT2D eigenvalue weighted by Gasteiger charge is 2.15. The van der Waals surface area contributed by atoms with Crippen molar-refractivity contribution in [3.05, 3.63) is 70.0 Å². The van der Waals surface area contributed by atoms with Gasteiger partial charge in [-0.25, -0.2) is 13.2 Å². The average molecular weight is 286 g/mol. The van der Waals surface area contributed by atoms with Crippen LogP contribution in [0.25, 0.3) is 0 Å². The van der Waals surface area contributed by atoms with Crippen molar-refractivity contribution >= 4 is 11.6 Å². The molecule has 0 fully saturated rings. The molecule has 0 aliphatic rings. The largest absolute Gasteiger partial charge is 0.324 e. The van der Waals surface area contributed by atoms with Crippen LogP contribution in [0, 0.1) is 17.5 Å². The van der Waals surface area contributed by atoms with Crippen molar-refractivity contribution in [2.24, 2.45) is 5.73 Å². The number of hydrogen-bond donors (Lipinski definition) is 1. The first-order valence-corrected chi connectivity index (χ1v) is 5.99. The van der Waals surface area contributed by atoms with E-state index in [9.17, 15) is 13.2 Å². The van der Waals surface area contributed by atoms with E-state index in [-0.39, 0.29) is 17.5 Å². The van der Waals surface area contributed by atoms with Crippen molar-refractivity contribution in [2.75, 3.05) is 0 Å². The Morgan fingerprint density at radius 2 is 1.74 bits per heavy atom. The van der Waals surface area contributed by atoms with E-state index in [1.165, 1.54) is 24.3 Å². The Hall–Kier alpha value is -1.52. The van der Waals surface area contributed by atoms with Crippen molar-refractivity contribution in [3.8, 4) is 0 Å². The van der Waals surface area contributed by atoms with Crippen molar-refractivity contribution in [1.29, 1.82) is 0 Å². The van der Waals surface area contributed by atoms with E-state index in [0.717, 1.165) is 12.1 Å². The summed E-state index contributed by atoms with van der Waals surface area (Å²) in [6.45, 7) is 0. The summed E-state index contributed by atoms with van der Waals surface area (Å²) < 4.78 is 39.9. The Kier molecular flexibility index (Phi) is 4.12. The fourth-order valence-electron chi connectivity index (χ4n) is 1.83. The van der Waals surface area contributed by atoms with E-state index < -0.39 is 23.5 Å². The van der Waals surface area contributed by atoms with Crippen LogP contribution >= 0.6 is 11.6 Å². The fraction of sp³-hybridized carbons (Fsp3) is 0.143. The first kappa shape index (κ1) is 13.9. The van der Waals surface area contributed by atoms with E-state index >= 15 is 0 Å². The Bertz CT molecular complexity index is 601. The summed E-state index contributed by atoms with van der Waals surface area (Å²) >= 11 is 5.77. The lowest BCUT2D eigenvalue weighted by Crippen LogP contribution is -2.16. The zero-order chi connectivity index (χ0) is 14.0. The lowest BCUT2D eigenvalue weighted by molar-refractivity contribution is 0.550. The lowest BCUT2D eigenvalue weighted by Gasteiger charge is -2.14. The highest BCUT2D eigenvalue weighted by Crippen LogP contribution is 2.23. The molecule has 2 aromatic rings. The highest BCUT2D eigenvalue weighted by atomic mass is 35.5. The summed E-state index contributed by atoms with van der Waals surface area (Å²) in [6.07, 6.45) is 0.0589. The van der Waals surface area contributed by atoms with Crippen LogP contribution in [0.5, 0.6) is 0 Å². The van der Waals surface area contributed by atoms with Gasteiger partial charge in [0.2, 0.25) is 0 Å². The summed E-state index contributed by atoms with van der Waals surface area (Å²) in [5, 5.41) is 0.353. The number of rotatable bonds is 3. The predicted molar refractivity (Wildman–Crippen MR) is 68.4 cm³/mol. The maximum Gasteiger partial charge on any atom is 0.129 e. The normalized spacial score (nSPS) is 12.5. The minimum Gasteiger partial charge on any atom is -0.324 e. The van der Waals surface area contributed by atoms with Gasteiger partial charge in [-0.1, -0.05) is 17.7 Å². The standard InChI is InChI=1S/C14H11ClF3N/c15-9-2-4-12(17)11(6-9)14(19)5-8-1-3-10(16)7-13(8)18/h1-4,6-7,14H,5,19H2. The van der Waals surface area contributed by atoms with Gasteiger partial charge in [-0.2, -0.15) is 0 Å². The molecule has 0 radical (unpaired) electrons. The molecular weight excluding hydrogens is 275 g/mol. The van der Waals surface area contributed by atoms with Gasteiger partial charge in [0.15, 0.2) is 0 Å². The second-order valence-corrected chi connectivity index (χ2v) is 4.65. The van der Waals surface area contributed by atoms with Crippen LogP contribution in [0.4, 0.5) is 13.2 Å². The first-order valence-electron chi connectivity index (χ1n) is 5.62. The maximum atomic E-state index is 13.6. The number of hydrogen-bond acceptors (Lipinski definition) is 1. The van der Waals surface area contributed by atoms with E-state index in [1.807, 2.05) is 0 Å².